The zero-order valence-corrected chi connectivity index (χ0v) is 8.62. The van der Waals surface area contributed by atoms with Crippen LogP contribution in [0, 0.1) is 0 Å². The molecule has 1 aromatic rings. The van der Waals surface area contributed by atoms with E-state index in [1.165, 1.54) is 0 Å². The molecule has 1 rings (SSSR count). The molecule has 0 radical (unpaired) electrons. The summed E-state index contributed by atoms with van der Waals surface area (Å²) in [6, 6.07) is 0. The number of hydrogen-bond acceptors (Lipinski definition) is 3. The first-order valence-corrected chi connectivity index (χ1v) is 4.39. The molecule has 1 aromatic heterocycles. The van der Waals surface area contributed by atoms with Crippen molar-refractivity contribution in [3.05, 3.63) is 21.9 Å². The molecule has 0 fully saturated rings. The summed E-state index contributed by atoms with van der Waals surface area (Å²) in [4.78, 5) is 3.42. The Morgan fingerprint density at radius 3 is 2.47 bits per heavy atom. The molecule has 84 valence electrons. The molecule has 0 unspecified atom stereocenters. The topological polar surface area (TPSA) is 48.1 Å². The van der Waals surface area contributed by atoms with Crippen molar-refractivity contribution in [2.75, 3.05) is 0 Å². The lowest BCUT2D eigenvalue weighted by atomic mass is 10.2. The van der Waals surface area contributed by atoms with Gasteiger partial charge in [0, 0.05) is 12.1 Å². The van der Waals surface area contributed by atoms with Crippen molar-refractivity contribution < 1.29 is 17.9 Å². The Bertz CT molecular complexity index is 370. The van der Waals surface area contributed by atoms with Crippen molar-refractivity contribution in [3.63, 3.8) is 0 Å². The van der Waals surface area contributed by atoms with E-state index in [-0.39, 0.29) is 22.3 Å². The van der Waals surface area contributed by atoms with Gasteiger partial charge in [0.1, 0.15) is 5.15 Å². The summed E-state index contributed by atoms with van der Waals surface area (Å²) in [6.45, 7) is -0.230. The normalized spacial score (nSPS) is 11.6. The number of nitrogens with two attached hydrogens (primary N) is 1. The fourth-order valence-electron chi connectivity index (χ4n) is 0.885. The third-order valence-electron chi connectivity index (χ3n) is 1.47. The third-order valence-corrected chi connectivity index (χ3v) is 2.26. The van der Waals surface area contributed by atoms with E-state index >= 15 is 0 Å². The highest BCUT2D eigenvalue weighted by Crippen LogP contribution is 2.33. The molecule has 0 aliphatic carbocycles. The van der Waals surface area contributed by atoms with E-state index in [9.17, 15) is 13.2 Å². The van der Waals surface area contributed by atoms with Crippen LogP contribution in [-0.2, 0) is 6.54 Å². The van der Waals surface area contributed by atoms with Crippen molar-refractivity contribution >= 4 is 23.2 Å². The minimum atomic E-state index is -4.82. The summed E-state index contributed by atoms with van der Waals surface area (Å²) < 4.78 is 39.4. The first kappa shape index (κ1) is 12.4. The highest BCUT2D eigenvalue weighted by atomic mass is 35.5. The van der Waals surface area contributed by atoms with Crippen molar-refractivity contribution in [3.8, 4) is 5.75 Å². The standard InChI is InChI=1S/C7H5Cl2F3N2O/c8-5-3(1-13)4(2-14-6(5)9)15-7(10,11)12/h2H,1,13H2. The third kappa shape index (κ3) is 3.12. The van der Waals surface area contributed by atoms with Crippen molar-refractivity contribution in [1.29, 1.82) is 0 Å². The van der Waals surface area contributed by atoms with Gasteiger partial charge in [0.15, 0.2) is 5.75 Å². The molecule has 8 heteroatoms. The van der Waals surface area contributed by atoms with Gasteiger partial charge in [-0.3, -0.25) is 0 Å². The molecule has 0 saturated carbocycles. The van der Waals surface area contributed by atoms with Gasteiger partial charge in [0.25, 0.3) is 0 Å². The second kappa shape index (κ2) is 4.42. The van der Waals surface area contributed by atoms with Crippen LogP contribution in [0.3, 0.4) is 0 Å². The molecular weight excluding hydrogens is 256 g/mol. The summed E-state index contributed by atoms with van der Waals surface area (Å²) >= 11 is 11.1. The molecule has 0 atom stereocenters. The summed E-state index contributed by atoms with van der Waals surface area (Å²) in [5.41, 5.74) is 5.19. The van der Waals surface area contributed by atoms with Gasteiger partial charge in [-0.1, -0.05) is 23.2 Å². The molecular formula is C7H5Cl2F3N2O. The van der Waals surface area contributed by atoms with Gasteiger partial charge < -0.3 is 10.5 Å². The summed E-state index contributed by atoms with van der Waals surface area (Å²) in [5.74, 6) is -0.542. The average molecular weight is 261 g/mol. The van der Waals surface area contributed by atoms with E-state index in [1.807, 2.05) is 0 Å². The average Bonchev–Trinajstić information content (AvgIpc) is 2.10. The zero-order valence-electron chi connectivity index (χ0n) is 7.11. The maximum absolute atomic E-state index is 11.9. The van der Waals surface area contributed by atoms with Gasteiger partial charge in [-0.2, -0.15) is 0 Å². The van der Waals surface area contributed by atoms with Gasteiger partial charge in [0.2, 0.25) is 0 Å². The van der Waals surface area contributed by atoms with Gasteiger partial charge in [0.05, 0.1) is 11.2 Å². The Kier molecular flexibility index (Phi) is 3.64. The Morgan fingerprint density at radius 2 is 2.00 bits per heavy atom. The Morgan fingerprint density at radius 1 is 1.40 bits per heavy atom. The Balaban J connectivity index is 3.14. The first-order chi connectivity index (χ1) is 6.85. The molecule has 0 bridgehead atoms. The largest absolute Gasteiger partial charge is 0.573 e. The second-order valence-corrected chi connectivity index (χ2v) is 3.19. The molecule has 15 heavy (non-hydrogen) atoms. The fraction of sp³-hybridized carbons (Fsp3) is 0.286. The zero-order chi connectivity index (χ0) is 11.6. The second-order valence-electron chi connectivity index (χ2n) is 2.46. The van der Waals surface area contributed by atoms with Crippen LogP contribution in [0.1, 0.15) is 5.56 Å². The molecule has 0 aliphatic heterocycles. The maximum Gasteiger partial charge on any atom is 0.573 e. The SMILES string of the molecule is NCc1c(OC(F)(F)F)cnc(Cl)c1Cl. The summed E-state index contributed by atoms with van der Waals surface area (Å²) in [7, 11) is 0. The number of aromatic nitrogens is 1. The molecule has 0 saturated heterocycles. The molecule has 3 nitrogen and oxygen atoms in total. The number of rotatable bonds is 2. The summed E-state index contributed by atoms with van der Waals surface area (Å²) in [5, 5.41) is -0.257. The van der Waals surface area contributed by atoms with Gasteiger partial charge in [-0.25, -0.2) is 4.98 Å². The lowest BCUT2D eigenvalue weighted by molar-refractivity contribution is -0.275. The molecule has 0 spiro atoms. The van der Waals surface area contributed by atoms with E-state index in [1.54, 1.807) is 0 Å². The number of pyridine rings is 1. The molecule has 0 aliphatic rings. The van der Waals surface area contributed by atoms with Gasteiger partial charge >= 0.3 is 6.36 Å². The van der Waals surface area contributed by atoms with Crippen molar-refractivity contribution in [1.82, 2.24) is 4.98 Å². The maximum atomic E-state index is 11.9. The predicted molar refractivity (Wildman–Crippen MR) is 48.8 cm³/mol. The lowest BCUT2D eigenvalue weighted by Crippen LogP contribution is -2.19. The first-order valence-electron chi connectivity index (χ1n) is 3.64. The highest BCUT2D eigenvalue weighted by Gasteiger charge is 2.32. The number of alkyl halides is 3. The van der Waals surface area contributed by atoms with Crippen LogP contribution in [0.2, 0.25) is 10.2 Å². The Hall–Kier alpha value is -0.720. The smallest absolute Gasteiger partial charge is 0.404 e. The Labute approximate surface area is 92.9 Å². The molecule has 2 N–H and O–H groups in total. The number of hydrogen-bond donors (Lipinski definition) is 1. The lowest BCUT2D eigenvalue weighted by Gasteiger charge is -2.13. The van der Waals surface area contributed by atoms with E-state index in [0.29, 0.717) is 0 Å². The van der Waals surface area contributed by atoms with Gasteiger partial charge in [-0.05, 0) is 0 Å². The molecule has 1 heterocycles. The van der Waals surface area contributed by atoms with E-state index in [4.69, 9.17) is 28.9 Å². The van der Waals surface area contributed by atoms with Crippen LogP contribution in [0.5, 0.6) is 5.75 Å². The quantitative estimate of drug-likeness (QED) is 0.832. The van der Waals surface area contributed by atoms with Crippen LogP contribution < -0.4 is 10.5 Å². The minimum absolute atomic E-state index is 0.0333. The molecule has 0 amide bonds. The number of nitrogens with zero attached hydrogens (tertiary/aromatic N) is 1. The minimum Gasteiger partial charge on any atom is -0.404 e. The number of ether oxygens (including phenoxy) is 1. The van der Waals surface area contributed by atoms with Crippen molar-refractivity contribution in [2.45, 2.75) is 12.9 Å². The fourth-order valence-corrected chi connectivity index (χ4v) is 1.27. The monoisotopic (exact) mass is 260 g/mol. The van der Waals surface area contributed by atoms with Crippen molar-refractivity contribution in [2.24, 2.45) is 5.73 Å². The van der Waals surface area contributed by atoms with E-state index in [0.717, 1.165) is 6.20 Å². The van der Waals surface area contributed by atoms with Crippen LogP contribution >= 0.6 is 23.2 Å². The molecule has 0 aromatic carbocycles. The highest BCUT2D eigenvalue weighted by molar-refractivity contribution is 6.41. The number of halogens is 5. The van der Waals surface area contributed by atoms with Crippen LogP contribution in [0.4, 0.5) is 13.2 Å². The predicted octanol–water partition coefficient (Wildman–Crippen LogP) is 2.75. The van der Waals surface area contributed by atoms with Gasteiger partial charge in [-0.15, -0.1) is 13.2 Å². The van der Waals surface area contributed by atoms with E-state index in [2.05, 4.69) is 9.72 Å². The van der Waals surface area contributed by atoms with E-state index < -0.39 is 12.1 Å². The summed E-state index contributed by atoms with van der Waals surface area (Å²) in [6.07, 6.45) is -3.99. The van der Waals surface area contributed by atoms with Crippen LogP contribution in [0.15, 0.2) is 6.20 Å². The van der Waals surface area contributed by atoms with Crippen LogP contribution in [-0.4, -0.2) is 11.3 Å². The van der Waals surface area contributed by atoms with Crippen LogP contribution in [0.25, 0.3) is 0 Å².